The van der Waals surface area contributed by atoms with Crippen LogP contribution in [0.3, 0.4) is 0 Å². The number of hydrogen-bond acceptors (Lipinski definition) is 6. The molecule has 6 heterocycles. The molecule has 6 aromatic carbocycles. The molecular formula is C69H54N6. The van der Waals surface area contributed by atoms with Crippen molar-refractivity contribution in [3.8, 4) is 34.2 Å². The zero-order chi connectivity index (χ0) is 50.1. The van der Waals surface area contributed by atoms with E-state index in [1.807, 2.05) is 0 Å². The highest BCUT2D eigenvalue weighted by atomic mass is 14.8. The summed E-state index contributed by atoms with van der Waals surface area (Å²) in [5.74, 6) is 0. The average Bonchev–Trinajstić information content (AvgIpc) is 3.41. The predicted molar refractivity (Wildman–Crippen MR) is 307 cm³/mol. The van der Waals surface area contributed by atoms with Crippen LogP contribution in [0, 0.1) is 41.5 Å². The van der Waals surface area contributed by atoms with Crippen LogP contribution in [0.5, 0.6) is 0 Å². The Balaban J connectivity index is 1.10. The van der Waals surface area contributed by atoms with Gasteiger partial charge in [0, 0.05) is 32.3 Å². The third-order valence-electron chi connectivity index (χ3n) is 18.2. The number of para-hydroxylation sites is 6. The molecule has 0 radical (unpaired) electrons. The van der Waals surface area contributed by atoms with Crippen LogP contribution in [0.2, 0.25) is 0 Å². The fourth-order valence-corrected chi connectivity index (χ4v) is 14.5. The van der Waals surface area contributed by atoms with Crippen molar-refractivity contribution in [2.45, 2.75) is 99.3 Å². The first-order valence-electron chi connectivity index (χ1n) is 27.1. The Bertz CT molecular complexity index is 3880. The molecule has 0 unspecified atom stereocenters. The summed E-state index contributed by atoms with van der Waals surface area (Å²) in [7, 11) is 0. The Kier molecular flexibility index (Phi) is 9.02. The number of fused-ring (bicyclic) bond motifs is 6. The minimum atomic E-state index is 0.766. The summed E-state index contributed by atoms with van der Waals surface area (Å²) in [6.45, 7) is 13.4. The van der Waals surface area contributed by atoms with Gasteiger partial charge in [0.15, 0.2) is 0 Å². The summed E-state index contributed by atoms with van der Waals surface area (Å²) in [5, 5.41) is 7.42. The summed E-state index contributed by atoms with van der Waals surface area (Å²) < 4.78 is 0. The Morgan fingerprint density at radius 3 is 0.533 bits per heavy atom. The molecule has 9 aliphatic carbocycles. The van der Waals surface area contributed by atoms with E-state index < -0.39 is 0 Å². The van der Waals surface area contributed by atoms with Crippen LogP contribution in [0.15, 0.2) is 109 Å². The standard InChI is InChI=1S/C69H54N6/c1-34-13-7-19-40-52-31-53-41-20-8-15-36(3)60(41)72-66-48(53)27-28-49-56(44-23-11-17-38(5)62(44)73-67(49)66)33-57-45-24-12-18-39(6)63(45)75-69-51(57)30-29-50-55(43-22-10-16-37(4)61(43)74-68(50)69)32-54-42-21-9-14-35(2)59(42)71-65-47(54)26-25-46(52)64(65)70-58(34)40/h7-24H,25-33H2,1-6H3. The average molecular weight is 967 g/mol. The van der Waals surface area contributed by atoms with Crippen molar-refractivity contribution in [2.75, 3.05) is 0 Å². The minimum Gasteiger partial charge on any atom is -0.246 e. The van der Waals surface area contributed by atoms with E-state index in [0.29, 0.717) is 0 Å². The third kappa shape index (κ3) is 6.02. The molecule has 6 aromatic heterocycles. The molecular weight excluding hydrogens is 913 g/mol. The van der Waals surface area contributed by atoms with E-state index in [1.54, 1.807) is 0 Å². The fraction of sp³-hybridized carbons (Fsp3) is 0.217. The minimum absolute atomic E-state index is 0.766. The van der Waals surface area contributed by atoms with E-state index in [9.17, 15) is 0 Å². The highest BCUT2D eigenvalue weighted by molar-refractivity contribution is 6.00. The second-order valence-corrected chi connectivity index (χ2v) is 22.4. The molecule has 0 fully saturated rings. The lowest BCUT2D eigenvalue weighted by atomic mass is 9.79. The van der Waals surface area contributed by atoms with Gasteiger partial charge in [-0.1, -0.05) is 109 Å². The molecule has 6 heteroatoms. The summed E-state index contributed by atoms with van der Waals surface area (Å²) in [5.41, 5.74) is 35.8. The number of aromatic nitrogens is 6. The number of hydrogen-bond donors (Lipinski definition) is 0. The van der Waals surface area contributed by atoms with E-state index >= 15 is 0 Å². The zero-order valence-corrected chi connectivity index (χ0v) is 43.4. The molecule has 21 rings (SSSR count). The van der Waals surface area contributed by atoms with Gasteiger partial charge < -0.3 is 0 Å². The van der Waals surface area contributed by atoms with Gasteiger partial charge in [-0.2, -0.15) is 0 Å². The molecule has 12 aromatic rings. The lowest BCUT2D eigenvalue weighted by Gasteiger charge is -2.29. The Hall–Kier alpha value is -8.22. The number of rotatable bonds is 0. The van der Waals surface area contributed by atoms with Crippen molar-refractivity contribution < 1.29 is 0 Å². The smallest absolute Gasteiger partial charge is 0.0932 e. The molecule has 0 atom stereocenters. The van der Waals surface area contributed by atoms with E-state index in [4.69, 9.17) is 29.9 Å². The third-order valence-corrected chi connectivity index (χ3v) is 18.2. The van der Waals surface area contributed by atoms with E-state index in [1.165, 1.54) is 132 Å². The number of aryl methyl sites for hydroxylation is 6. The van der Waals surface area contributed by atoms with Crippen molar-refractivity contribution in [1.82, 2.24) is 29.9 Å². The van der Waals surface area contributed by atoms with Crippen LogP contribution >= 0.6 is 0 Å². The number of pyridine rings is 6. The molecule has 0 aliphatic heterocycles. The van der Waals surface area contributed by atoms with Crippen molar-refractivity contribution in [3.05, 3.63) is 209 Å². The highest BCUT2D eigenvalue weighted by Crippen LogP contribution is 2.48. The monoisotopic (exact) mass is 966 g/mol. The van der Waals surface area contributed by atoms with Gasteiger partial charge in [-0.15, -0.1) is 0 Å². The van der Waals surface area contributed by atoms with Gasteiger partial charge in [0.25, 0.3) is 0 Å². The summed E-state index contributed by atoms with van der Waals surface area (Å²) in [4.78, 5) is 34.7. The second kappa shape index (κ2) is 15.7. The van der Waals surface area contributed by atoms with Crippen LogP contribution in [0.1, 0.15) is 100 Å². The van der Waals surface area contributed by atoms with Crippen molar-refractivity contribution in [1.29, 1.82) is 0 Å². The maximum absolute atomic E-state index is 5.78. The van der Waals surface area contributed by atoms with Crippen LogP contribution in [0.4, 0.5) is 0 Å². The first-order chi connectivity index (χ1) is 36.7. The molecule has 18 bridgehead atoms. The van der Waals surface area contributed by atoms with Gasteiger partial charge in [0.2, 0.25) is 0 Å². The Morgan fingerprint density at radius 2 is 0.373 bits per heavy atom. The van der Waals surface area contributed by atoms with Gasteiger partial charge in [0.1, 0.15) is 0 Å². The maximum atomic E-state index is 5.78. The van der Waals surface area contributed by atoms with Gasteiger partial charge >= 0.3 is 0 Å². The Labute approximate surface area is 436 Å². The number of benzene rings is 6. The lowest BCUT2D eigenvalue weighted by Crippen LogP contribution is -2.17. The summed E-state index contributed by atoms with van der Waals surface area (Å²) >= 11 is 0. The van der Waals surface area contributed by atoms with E-state index in [0.717, 1.165) is 125 Å². The highest BCUT2D eigenvalue weighted by Gasteiger charge is 2.35. The molecule has 0 spiro atoms. The van der Waals surface area contributed by atoms with Crippen LogP contribution in [-0.2, 0) is 57.8 Å². The van der Waals surface area contributed by atoms with Gasteiger partial charge in [-0.3, -0.25) is 0 Å². The summed E-state index contributed by atoms with van der Waals surface area (Å²) in [6, 6.07) is 40.7. The van der Waals surface area contributed by atoms with Crippen molar-refractivity contribution in [3.63, 3.8) is 0 Å². The lowest BCUT2D eigenvalue weighted by molar-refractivity contribution is 0.874. The molecule has 75 heavy (non-hydrogen) atoms. The molecule has 9 aliphatic rings. The first kappa shape index (κ1) is 43.2. The van der Waals surface area contributed by atoms with Crippen molar-refractivity contribution >= 4 is 65.4 Å². The molecule has 0 N–H and O–H groups in total. The molecule has 0 saturated carbocycles. The van der Waals surface area contributed by atoms with Crippen LogP contribution < -0.4 is 0 Å². The molecule has 0 amide bonds. The largest absolute Gasteiger partial charge is 0.246 e. The molecule has 0 saturated heterocycles. The quantitative estimate of drug-likeness (QED) is 0.151. The maximum Gasteiger partial charge on any atom is 0.0932 e. The van der Waals surface area contributed by atoms with E-state index in [-0.39, 0.29) is 0 Å². The topological polar surface area (TPSA) is 77.3 Å². The van der Waals surface area contributed by atoms with Crippen LogP contribution in [0.25, 0.3) is 99.6 Å². The molecule has 6 nitrogen and oxygen atoms in total. The molecule has 360 valence electrons. The fourth-order valence-electron chi connectivity index (χ4n) is 14.5. The first-order valence-corrected chi connectivity index (χ1v) is 27.1. The van der Waals surface area contributed by atoms with Gasteiger partial charge in [-0.25, -0.2) is 29.9 Å². The normalized spacial score (nSPS) is 14.3. The van der Waals surface area contributed by atoms with Crippen molar-refractivity contribution in [2.24, 2.45) is 0 Å². The zero-order valence-electron chi connectivity index (χ0n) is 43.4. The Morgan fingerprint density at radius 1 is 0.213 bits per heavy atom. The van der Waals surface area contributed by atoms with Gasteiger partial charge in [0.05, 0.1) is 67.3 Å². The second-order valence-electron chi connectivity index (χ2n) is 22.4. The van der Waals surface area contributed by atoms with Gasteiger partial charge in [-0.05, 0) is 199 Å². The summed E-state index contributed by atoms with van der Waals surface area (Å²) in [6.07, 6.45) is 7.58. The number of nitrogens with zero attached hydrogens (tertiary/aromatic N) is 6. The SMILES string of the molecule is Cc1cccc2c3c4c(nc12)-c1nc2c(C)cccc2c(c1CC4)Cc1c2c(nc4c(C)cccc14)-c1nc4c(C)cccc4c(c1CC2)Cc1c2c(nc4c(C)cccc14)-c1nc4c(C)cccc4c(c1CC2)C3. The van der Waals surface area contributed by atoms with E-state index in [2.05, 4.69) is 151 Å². The predicted octanol–water partition coefficient (Wildman–Crippen LogP) is 15.2. The van der Waals surface area contributed by atoms with Crippen LogP contribution in [-0.4, -0.2) is 29.9 Å².